The zero-order valence-corrected chi connectivity index (χ0v) is 10.2. The molecule has 0 fully saturated rings. The van der Waals surface area contributed by atoms with Crippen molar-refractivity contribution in [3.05, 3.63) is 39.9 Å². The van der Waals surface area contributed by atoms with Gasteiger partial charge >= 0.3 is 0 Å². The van der Waals surface area contributed by atoms with Crippen molar-refractivity contribution in [2.45, 2.75) is 12.5 Å². The van der Waals surface area contributed by atoms with Crippen molar-refractivity contribution in [3.8, 4) is 0 Å². The Balaban J connectivity index is 0. The Morgan fingerprint density at radius 3 is 2.12 bits per heavy atom. The van der Waals surface area contributed by atoms with E-state index in [9.17, 15) is 10.1 Å². The number of nitro benzene ring substituents is 1. The number of rotatable bonds is 4. The van der Waals surface area contributed by atoms with Crippen molar-refractivity contribution in [3.63, 3.8) is 0 Å². The first-order chi connectivity index (χ1) is 6.63. The summed E-state index contributed by atoms with van der Waals surface area (Å²) in [7, 11) is 0. The van der Waals surface area contributed by atoms with Crippen LogP contribution in [0.5, 0.6) is 0 Å². The van der Waals surface area contributed by atoms with E-state index >= 15 is 0 Å². The quantitative estimate of drug-likeness (QED) is 0.634. The molecule has 1 unspecified atom stereocenters. The SMILES string of the molecule is Cl.Cl.NCC(N)Cc1ccc([N+](=O)[O-])cc1. The van der Waals surface area contributed by atoms with Crippen LogP contribution in [0, 0.1) is 10.1 Å². The van der Waals surface area contributed by atoms with Crippen LogP contribution in [0.4, 0.5) is 5.69 Å². The third kappa shape index (κ3) is 5.27. The Bertz CT molecular complexity index is 319. The average Bonchev–Trinajstić information content (AvgIpc) is 2.18. The van der Waals surface area contributed by atoms with Crippen molar-refractivity contribution in [2.24, 2.45) is 11.5 Å². The molecule has 0 saturated heterocycles. The second-order valence-corrected chi connectivity index (χ2v) is 3.12. The fourth-order valence-electron chi connectivity index (χ4n) is 1.14. The maximum absolute atomic E-state index is 10.4. The van der Waals surface area contributed by atoms with Gasteiger partial charge in [0, 0.05) is 24.7 Å². The van der Waals surface area contributed by atoms with Crippen LogP contribution in [0.2, 0.25) is 0 Å². The normalized spacial score (nSPS) is 10.9. The van der Waals surface area contributed by atoms with Gasteiger partial charge in [0.1, 0.15) is 0 Å². The summed E-state index contributed by atoms with van der Waals surface area (Å²) in [5, 5.41) is 10.4. The van der Waals surface area contributed by atoms with E-state index in [2.05, 4.69) is 0 Å². The molecule has 0 aliphatic carbocycles. The van der Waals surface area contributed by atoms with Gasteiger partial charge in [0.05, 0.1) is 4.92 Å². The summed E-state index contributed by atoms with van der Waals surface area (Å²) in [6.45, 7) is 0.414. The molecule has 7 heteroatoms. The van der Waals surface area contributed by atoms with E-state index in [1.54, 1.807) is 12.1 Å². The fourth-order valence-corrected chi connectivity index (χ4v) is 1.14. The van der Waals surface area contributed by atoms with Gasteiger partial charge in [-0.25, -0.2) is 0 Å². The van der Waals surface area contributed by atoms with Gasteiger partial charge < -0.3 is 11.5 Å². The lowest BCUT2D eigenvalue weighted by atomic mass is 10.1. The Morgan fingerprint density at radius 2 is 1.75 bits per heavy atom. The van der Waals surface area contributed by atoms with Crippen LogP contribution < -0.4 is 11.5 Å². The van der Waals surface area contributed by atoms with Crippen LogP contribution in [-0.4, -0.2) is 17.5 Å². The van der Waals surface area contributed by atoms with Crippen molar-refractivity contribution in [2.75, 3.05) is 6.54 Å². The molecule has 1 atom stereocenters. The Labute approximate surface area is 106 Å². The molecule has 0 radical (unpaired) electrons. The summed E-state index contributed by atoms with van der Waals surface area (Å²) < 4.78 is 0. The van der Waals surface area contributed by atoms with Crippen LogP contribution in [0.1, 0.15) is 5.56 Å². The highest BCUT2D eigenvalue weighted by Crippen LogP contribution is 2.12. The van der Waals surface area contributed by atoms with E-state index in [1.807, 2.05) is 0 Å². The first kappa shape index (κ1) is 17.5. The van der Waals surface area contributed by atoms with E-state index in [4.69, 9.17) is 11.5 Å². The minimum Gasteiger partial charge on any atom is -0.329 e. The summed E-state index contributed by atoms with van der Waals surface area (Å²) in [6, 6.07) is 6.26. The van der Waals surface area contributed by atoms with Gasteiger partial charge in [-0.3, -0.25) is 10.1 Å². The number of halogens is 2. The highest BCUT2D eigenvalue weighted by Gasteiger charge is 2.05. The first-order valence-electron chi connectivity index (χ1n) is 4.32. The maximum atomic E-state index is 10.4. The monoisotopic (exact) mass is 267 g/mol. The molecule has 5 nitrogen and oxygen atoms in total. The molecule has 0 aliphatic heterocycles. The van der Waals surface area contributed by atoms with Gasteiger partial charge in [0.2, 0.25) is 0 Å². The van der Waals surface area contributed by atoms with Gasteiger partial charge in [-0.15, -0.1) is 24.8 Å². The lowest BCUT2D eigenvalue weighted by molar-refractivity contribution is -0.384. The molecule has 0 spiro atoms. The fraction of sp³-hybridized carbons (Fsp3) is 0.333. The van der Waals surface area contributed by atoms with Gasteiger partial charge in [0.15, 0.2) is 0 Å². The van der Waals surface area contributed by atoms with Gasteiger partial charge in [-0.2, -0.15) is 0 Å². The molecule has 0 bridgehead atoms. The van der Waals surface area contributed by atoms with Crippen LogP contribution >= 0.6 is 24.8 Å². The molecular weight excluding hydrogens is 253 g/mol. The third-order valence-electron chi connectivity index (χ3n) is 1.95. The summed E-state index contributed by atoms with van der Waals surface area (Å²) >= 11 is 0. The third-order valence-corrected chi connectivity index (χ3v) is 1.95. The topological polar surface area (TPSA) is 95.2 Å². The van der Waals surface area contributed by atoms with E-state index in [-0.39, 0.29) is 36.5 Å². The minimum atomic E-state index is -0.424. The number of nitro groups is 1. The minimum absolute atomic E-state index is 0. The molecule has 0 aliphatic rings. The number of hydrogen-bond acceptors (Lipinski definition) is 4. The molecule has 0 amide bonds. The smallest absolute Gasteiger partial charge is 0.269 e. The molecule has 0 heterocycles. The predicted molar refractivity (Wildman–Crippen MR) is 68.3 cm³/mol. The first-order valence-corrected chi connectivity index (χ1v) is 4.32. The van der Waals surface area contributed by atoms with E-state index in [0.29, 0.717) is 13.0 Å². The molecule has 1 aromatic carbocycles. The molecule has 16 heavy (non-hydrogen) atoms. The molecule has 0 aromatic heterocycles. The molecular formula is C9H15Cl2N3O2. The zero-order chi connectivity index (χ0) is 10.6. The standard InChI is InChI=1S/C9H13N3O2.2ClH/c10-6-8(11)5-7-1-3-9(4-2-7)12(13)14;;/h1-4,8H,5-6,10-11H2;2*1H. The van der Waals surface area contributed by atoms with Crippen LogP contribution in [0.3, 0.4) is 0 Å². The Morgan fingerprint density at radius 1 is 1.25 bits per heavy atom. The lowest BCUT2D eigenvalue weighted by Crippen LogP contribution is -2.31. The highest BCUT2D eigenvalue weighted by molar-refractivity contribution is 5.85. The van der Waals surface area contributed by atoms with Gasteiger partial charge in [0.25, 0.3) is 5.69 Å². The number of nitrogens with two attached hydrogens (primary N) is 2. The van der Waals surface area contributed by atoms with E-state index in [0.717, 1.165) is 5.56 Å². The summed E-state index contributed by atoms with van der Waals surface area (Å²) in [6.07, 6.45) is 0.647. The summed E-state index contributed by atoms with van der Waals surface area (Å²) in [4.78, 5) is 9.93. The Hall–Kier alpha value is -0.880. The lowest BCUT2D eigenvalue weighted by Gasteiger charge is -2.07. The molecule has 4 N–H and O–H groups in total. The summed E-state index contributed by atoms with van der Waals surface area (Å²) in [5.74, 6) is 0. The molecule has 0 saturated carbocycles. The second kappa shape index (κ2) is 8.29. The zero-order valence-electron chi connectivity index (χ0n) is 8.54. The van der Waals surface area contributed by atoms with Gasteiger partial charge in [-0.05, 0) is 12.0 Å². The second-order valence-electron chi connectivity index (χ2n) is 3.12. The predicted octanol–water partition coefficient (Wildman–Crippen LogP) is 1.27. The number of benzene rings is 1. The largest absolute Gasteiger partial charge is 0.329 e. The summed E-state index contributed by atoms with van der Waals surface area (Å²) in [5.41, 5.74) is 12.1. The average molecular weight is 268 g/mol. The van der Waals surface area contributed by atoms with E-state index in [1.165, 1.54) is 12.1 Å². The van der Waals surface area contributed by atoms with Crippen LogP contribution in [-0.2, 0) is 6.42 Å². The number of nitrogens with zero attached hydrogens (tertiary/aromatic N) is 1. The highest BCUT2D eigenvalue weighted by atomic mass is 35.5. The molecule has 92 valence electrons. The van der Waals surface area contributed by atoms with Crippen molar-refractivity contribution in [1.82, 2.24) is 0 Å². The van der Waals surface area contributed by atoms with E-state index < -0.39 is 4.92 Å². The van der Waals surface area contributed by atoms with Crippen LogP contribution in [0.15, 0.2) is 24.3 Å². The maximum Gasteiger partial charge on any atom is 0.269 e. The Kier molecular flexibility index (Phi) is 9.08. The van der Waals surface area contributed by atoms with Crippen LogP contribution in [0.25, 0.3) is 0 Å². The molecule has 1 aromatic rings. The van der Waals surface area contributed by atoms with Gasteiger partial charge in [-0.1, -0.05) is 12.1 Å². The van der Waals surface area contributed by atoms with Crippen molar-refractivity contribution in [1.29, 1.82) is 0 Å². The number of hydrogen-bond donors (Lipinski definition) is 2. The number of non-ortho nitro benzene ring substituents is 1. The molecule has 1 rings (SSSR count). The van der Waals surface area contributed by atoms with Crippen molar-refractivity contribution < 1.29 is 4.92 Å². The van der Waals surface area contributed by atoms with Crippen molar-refractivity contribution >= 4 is 30.5 Å².